The van der Waals surface area contributed by atoms with E-state index in [-0.39, 0.29) is 25.8 Å². The molecule has 0 saturated carbocycles. The molecule has 0 atom stereocenters. The van der Waals surface area contributed by atoms with Gasteiger partial charge in [0.2, 0.25) is 0 Å². The van der Waals surface area contributed by atoms with Crippen molar-refractivity contribution in [3.63, 3.8) is 0 Å². The van der Waals surface area contributed by atoms with Crippen LogP contribution in [0.3, 0.4) is 0 Å². The van der Waals surface area contributed by atoms with Gasteiger partial charge in [-0.05, 0) is 23.7 Å². The van der Waals surface area contributed by atoms with Crippen LogP contribution >= 0.6 is 0 Å². The number of fused-ring (bicyclic) bond motifs is 2. The molecule has 19 heavy (non-hydrogen) atoms. The van der Waals surface area contributed by atoms with E-state index in [1.54, 1.807) is 11.1 Å². The third-order valence-corrected chi connectivity index (χ3v) is 4.96. The first kappa shape index (κ1) is 15.1. The van der Waals surface area contributed by atoms with Crippen LogP contribution in [-0.4, -0.2) is 0 Å². The van der Waals surface area contributed by atoms with Gasteiger partial charge in [-0.25, -0.2) is 0 Å². The van der Waals surface area contributed by atoms with Crippen molar-refractivity contribution in [1.29, 1.82) is 0 Å². The summed E-state index contributed by atoms with van der Waals surface area (Å²) < 4.78 is 0. The average molecular weight is 418 g/mol. The summed E-state index contributed by atoms with van der Waals surface area (Å²) in [6.07, 6.45) is 2.58. The Bertz CT molecular complexity index is 614. The predicted octanol–water partition coefficient (Wildman–Crippen LogP) is 5.21. The second-order valence-electron chi connectivity index (χ2n) is 7.27. The standard InChI is InChI=1S/C18H23.Hf/c1-12-6-7-13-10-15-16(11-14(12)13)18(4,5)9-8-17(15,2)3;/h6-7,10-11H,8-9H2,1-5H3;/q-1;. The van der Waals surface area contributed by atoms with E-state index in [2.05, 4.69) is 58.9 Å². The molecule has 0 nitrogen and oxygen atoms in total. The van der Waals surface area contributed by atoms with Crippen molar-refractivity contribution in [2.45, 2.75) is 58.3 Å². The van der Waals surface area contributed by atoms with Gasteiger partial charge in [-0.3, -0.25) is 0 Å². The zero-order chi connectivity index (χ0) is 13.1. The fraction of sp³-hybridized carbons (Fsp3) is 0.500. The van der Waals surface area contributed by atoms with Crippen molar-refractivity contribution in [3.8, 4) is 0 Å². The Balaban J connectivity index is 0.00000133. The molecule has 100 valence electrons. The first-order valence-corrected chi connectivity index (χ1v) is 7.02. The number of hydrogen-bond acceptors (Lipinski definition) is 0. The minimum Gasteiger partial charge on any atom is -0.156 e. The number of rotatable bonds is 0. The molecule has 0 heterocycles. The minimum absolute atomic E-state index is 0. The van der Waals surface area contributed by atoms with Crippen molar-refractivity contribution >= 4 is 10.8 Å². The second-order valence-corrected chi connectivity index (χ2v) is 7.27. The summed E-state index contributed by atoms with van der Waals surface area (Å²) in [7, 11) is 0. The summed E-state index contributed by atoms with van der Waals surface area (Å²) in [6, 6.07) is 9.41. The molecule has 0 saturated heterocycles. The van der Waals surface area contributed by atoms with E-state index < -0.39 is 0 Å². The SMILES string of the molecule is Cc1c[cH-]c2cc3c(cc12)C(C)(C)CCC3(C)C.[Hf]. The van der Waals surface area contributed by atoms with Crippen LogP contribution < -0.4 is 0 Å². The largest absolute Gasteiger partial charge is 0.156 e. The Labute approximate surface area is 135 Å². The number of aryl methyl sites for hydroxylation is 1. The van der Waals surface area contributed by atoms with Crippen LogP contribution in [-0.2, 0) is 36.7 Å². The van der Waals surface area contributed by atoms with Gasteiger partial charge in [0.1, 0.15) is 0 Å². The normalized spacial score (nSPS) is 19.8. The summed E-state index contributed by atoms with van der Waals surface area (Å²) >= 11 is 0. The van der Waals surface area contributed by atoms with E-state index in [1.165, 1.54) is 29.2 Å². The van der Waals surface area contributed by atoms with Gasteiger partial charge >= 0.3 is 0 Å². The molecule has 0 aliphatic heterocycles. The van der Waals surface area contributed by atoms with E-state index in [4.69, 9.17) is 0 Å². The average Bonchev–Trinajstić information content (AvgIpc) is 2.66. The smallest absolute Gasteiger partial charge is 0 e. The molecule has 1 aliphatic carbocycles. The van der Waals surface area contributed by atoms with Crippen LogP contribution in [0.4, 0.5) is 0 Å². The molecule has 0 radical (unpaired) electrons. The molecular formula is C18H23Hf-. The maximum absolute atomic E-state index is 2.46. The summed E-state index contributed by atoms with van der Waals surface area (Å²) in [6.45, 7) is 11.8. The number of benzene rings is 1. The van der Waals surface area contributed by atoms with Gasteiger partial charge in [-0.2, -0.15) is 11.6 Å². The Hall–Kier alpha value is -0.300. The molecule has 0 amide bonds. The van der Waals surface area contributed by atoms with Gasteiger partial charge < -0.3 is 0 Å². The van der Waals surface area contributed by atoms with Gasteiger partial charge in [0, 0.05) is 25.8 Å². The van der Waals surface area contributed by atoms with E-state index in [1.807, 2.05) is 0 Å². The van der Waals surface area contributed by atoms with Gasteiger partial charge in [0.25, 0.3) is 0 Å². The molecule has 0 N–H and O–H groups in total. The van der Waals surface area contributed by atoms with Gasteiger partial charge in [0.15, 0.2) is 0 Å². The predicted molar refractivity (Wildman–Crippen MR) is 79.6 cm³/mol. The third-order valence-electron chi connectivity index (χ3n) is 4.96. The summed E-state index contributed by atoms with van der Waals surface area (Å²) in [5, 5.41) is 2.86. The Kier molecular flexibility index (Phi) is 3.67. The molecule has 1 heteroatoms. The van der Waals surface area contributed by atoms with Crippen LogP contribution in [0.5, 0.6) is 0 Å². The molecule has 2 aromatic rings. The maximum Gasteiger partial charge on any atom is 0 e. The molecule has 0 fully saturated rings. The quantitative estimate of drug-likeness (QED) is 0.407. The fourth-order valence-corrected chi connectivity index (χ4v) is 3.41. The summed E-state index contributed by atoms with van der Waals surface area (Å²) in [5.74, 6) is 0. The molecule has 3 rings (SSSR count). The molecule has 0 unspecified atom stereocenters. The fourth-order valence-electron chi connectivity index (χ4n) is 3.41. The topological polar surface area (TPSA) is 0 Å². The number of hydrogen-bond donors (Lipinski definition) is 0. The molecular weight excluding hydrogens is 395 g/mol. The van der Waals surface area contributed by atoms with E-state index in [0.717, 1.165) is 0 Å². The zero-order valence-electron chi connectivity index (χ0n) is 12.7. The van der Waals surface area contributed by atoms with Crippen LogP contribution in [0.15, 0.2) is 24.3 Å². The van der Waals surface area contributed by atoms with Crippen molar-refractivity contribution < 1.29 is 25.8 Å². The molecule has 0 spiro atoms. The van der Waals surface area contributed by atoms with Crippen LogP contribution in [0, 0.1) is 6.92 Å². The first-order chi connectivity index (χ1) is 8.31. The minimum atomic E-state index is 0. The summed E-state index contributed by atoms with van der Waals surface area (Å²) in [4.78, 5) is 0. The first-order valence-electron chi connectivity index (χ1n) is 7.02. The Morgan fingerprint density at radius 1 is 0.947 bits per heavy atom. The van der Waals surface area contributed by atoms with Crippen LogP contribution in [0.1, 0.15) is 57.2 Å². The summed E-state index contributed by atoms with van der Waals surface area (Å²) in [5.41, 5.74) is 5.19. The third kappa shape index (κ3) is 2.28. The van der Waals surface area contributed by atoms with Crippen LogP contribution in [0.25, 0.3) is 10.8 Å². The molecule has 0 bridgehead atoms. The van der Waals surface area contributed by atoms with Crippen molar-refractivity contribution in [2.75, 3.05) is 0 Å². The molecule has 1 aliphatic rings. The monoisotopic (exact) mass is 419 g/mol. The van der Waals surface area contributed by atoms with Gasteiger partial charge in [-0.15, -0.1) is 29.0 Å². The van der Waals surface area contributed by atoms with E-state index in [0.29, 0.717) is 10.8 Å². The molecule has 2 aromatic carbocycles. The van der Waals surface area contributed by atoms with Crippen LogP contribution in [0.2, 0.25) is 0 Å². The van der Waals surface area contributed by atoms with Crippen molar-refractivity contribution in [1.82, 2.24) is 0 Å². The van der Waals surface area contributed by atoms with E-state index in [9.17, 15) is 0 Å². The van der Waals surface area contributed by atoms with Crippen molar-refractivity contribution in [2.24, 2.45) is 0 Å². The second kappa shape index (κ2) is 4.62. The van der Waals surface area contributed by atoms with E-state index >= 15 is 0 Å². The van der Waals surface area contributed by atoms with Gasteiger partial charge in [-0.1, -0.05) is 45.7 Å². The molecule has 0 aromatic heterocycles. The van der Waals surface area contributed by atoms with Gasteiger partial charge in [0.05, 0.1) is 0 Å². The Morgan fingerprint density at radius 2 is 1.47 bits per heavy atom. The zero-order valence-corrected chi connectivity index (χ0v) is 16.3. The Morgan fingerprint density at radius 3 is 2.05 bits per heavy atom. The van der Waals surface area contributed by atoms with Crippen molar-refractivity contribution in [3.05, 3.63) is 41.0 Å². The maximum atomic E-state index is 2.46.